The van der Waals surface area contributed by atoms with Crippen LogP contribution < -0.4 is 4.74 Å². The smallest absolute Gasteiger partial charge is 0.330 e. The Morgan fingerprint density at radius 3 is 2.31 bits per heavy atom. The summed E-state index contributed by atoms with van der Waals surface area (Å²) in [7, 11) is -1.82. The number of hydrogen-bond acceptors (Lipinski definition) is 3. The van der Waals surface area contributed by atoms with Gasteiger partial charge in [0, 0.05) is 5.02 Å². The number of ether oxygens (including phenoxy) is 1. The van der Waals surface area contributed by atoms with Gasteiger partial charge in [-0.3, -0.25) is 0 Å². The number of carbonyl (C=O) groups is 1. The molecule has 0 aliphatic heterocycles. The van der Waals surface area contributed by atoms with Crippen LogP contribution in [0.5, 0.6) is 5.75 Å². The van der Waals surface area contributed by atoms with E-state index in [2.05, 4.69) is 0 Å². The van der Waals surface area contributed by atoms with Gasteiger partial charge in [-0.15, -0.1) is 0 Å². The molecular weight excluding hydrogens is 244 g/mol. The molecule has 0 saturated carbocycles. The second-order valence-electron chi connectivity index (χ2n) is 4.33. The lowest BCUT2D eigenvalue weighted by atomic mass is 10.3. The standard InChI is InChI=1S/C11H15ClO3Si/c1-16(2,3)15-11(13)8-14-10-6-4-9(12)5-7-10/h4-7H,8H2,1-3H3. The summed E-state index contributed by atoms with van der Waals surface area (Å²) in [5.74, 6) is 0.283. The molecule has 0 heterocycles. The van der Waals surface area contributed by atoms with Crippen LogP contribution >= 0.6 is 11.6 Å². The van der Waals surface area contributed by atoms with E-state index in [4.69, 9.17) is 20.8 Å². The van der Waals surface area contributed by atoms with Gasteiger partial charge in [0.1, 0.15) is 5.75 Å². The molecule has 5 heteroatoms. The lowest BCUT2D eigenvalue weighted by molar-refractivity contribution is -0.137. The zero-order valence-electron chi connectivity index (χ0n) is 9.62. The number of halogens is 1. The van der Waals surface area contributed by atoms with Crippen LogP contribution in [-0.4, -0.2) is 20.9 Å². The summed E-state index contributed by atoms with van der Waals surface area (Å²) in [6, 6.07) is 6.84. The first kappa shape index (κ1) is 13.1. The predicted octanol–water partition coefficient (Wildman–Crippen LogP) is 3.10. The number of hydrogen-bond donors (Lipinski definition) is 0. The fourth-order valence-electron chi connectivity index (χ4n) is 1.04. The molecule has 1 aromatic carbocycles. The van der Waals surface area contributed by atoms with Crippen LogP contribution in [0.15, 0.2) is 24.3 Å². The minimum absolute atomic E-state index is 0.0636. The third kappa shape index (κ3) is 5.18. The Morgan fingerprint density at radius 1 is 1.25 bits per heavy atom. The summed E-state index contributed by atoms with van der Waals surface area (Å²) in [4.78, 5) is 11.4. The van der Waals surface area contributed by atoms with Gasteiger partial charge < -0.3 is 9.16 Å². The van der Waals surface area contributed by atoms with Gasteiger partial charge in [0.2, 0.25) is 8.32 Å². The van der Waals surface area contributed by atoms with Crippen molar-refractivity contribution in [3.8, 4) is 5.75 Å². The molecule has 1 rings (SSSR count). The van der Waals surface area contributed by atoms with Gasteiger partial charge in [0.15, 0.2) is 6.61 Å². The molecule has 0 bridgehead atoms. The second kappa shape index (κ2) is 5.36. The van der Waals surface area contributed by atoms with Gasteiger partial charge in [-0.2, -0.15) is 0 Å². The average Bonchev–Trinajstić information content (AvgIpc) is 2.14. The molecular formula is C11H15ClO3Si. The third-order valence-corrected chi connectivity index (χ3v) is 2.68. The first-order chi connectivity index (χ1) is 7.37. The maximum absolute atomic E-state index is 11.4. The molecule has 0 N–H and O–H groups in total. The largest absolute Gasteiger partial charge is 0.517 e. The highest BCUT2D eigenvalue weighted by Gasteiger charge is 2.19. The molecule has 0 fully saturated rings. The second-order valence-corrected chi connectivity index (χ2v) is 9.19. The van der Waals surface area contributed by atoms with Crippen molar-refractivity contribution in [2.45, 2.75) is 19.6 Å². The van der Waals surface area contributed by atoms with Crippen molar-refractivity contribution in [3.63, 3.8) is 0 Å². The van der Waals surface area contributed by atoms with E-state index in [1.165, 1.54) is 0 Å². The quantitative estimate of drug-likeness (QED) is 0.779. The molecule has 0 unspecified atom stereocenters. The van der Waals surface area contributed by atoms with E-state index in [-0.39, 0.29) is 12.6 Å². The molecule has 0 aliphatic carbocycles. The molecule has 0 aliphatic rings. The van der Waals surface area contributed by atoms with Crippen LogP contribution in [0.1, 0.15) is 0 Å². The molecule has 16 heavy (non-hydrogen) atoms. The summed E-state index contributed by atoms with van der Waals surface area (Å²) in [6.45, 7) is 5.79. The Morgan fingerprint density at radius 2 is 1.81 bits per heavy atom. The Bertz CT molecular complexity index is 356. The Labute approximate surface area is 101 Å². The highest BCUT2D eigenvalue weighted by atomic mass is 35.5. The van der Waals surface area contributed by atoms with E-state index in [0.29, 0.717) is 10.8 Å². The van der Waals surface area contributed by atoms with E-state index in [1.807, 2.05) is 19.6 Å². The van der Waals surface area contributed by atoms with E-state index < -0.39 is 8.32 Å². The van der Waals surface area contributed by atoms with Crippen molar-refractivity contribution >= 4 is 25.9 Å². The van der Waals surface area contributed by atoms with E-state index >= 15 is 0 Å². The first-order valence-corrected chi connectivity index (χ1v) is 8.76. The maximum atomic E-state index is 11.4. The van der Waals surface area contributed by atoms with Crippen LogP contribution in [0.2, 0.25) is 24.7 Å². The van der Waals surface area contributed by atoms with Crippen molar-refractivity contribution in [1.29, 1.82) is 0 Å². The van der Waals surface area contributed by atoms with Crippen molar-refractivity contribution in [1.82, 2.24) is 0 Å². The van der Waals surface area contributed by atoms with E-state index in [1.54, 1.807) is 24.3 Å². The first-order valence-electron chi connectivity index (χ1n) is 4.97. The maximum Gasteiger partial charge on any atom is 0.330 e. The summed E-state index contributed by atoms with van der Waals surface area (Å²) >= 11 is 5.72. The molecule has 1 aromatic rings. The summed E-state index contributed by atoms with van der Waals surface area (Å²) in [6.07, 6.45) is 0. The topological polar surface area (TPSA) is 35.5 Å². The average molecular weight is 259 g/mol. The van der Waals surface area contributed by atoms with Gasteiger partial charge in [0.05, 0.1) is 0 Å². The summed E-state index contributed by atoms with van der Waals surface area (Å²) in [5, 5.41) is 0.636. The summed E-state index contributed by atoms with van der Waals surface area (Å²) in [5.41, 5.74) is 0. The minimum Gasteiger partial charge on any atom is -0.517 e. The van der Waals surface area contributed by atoms with Crippen molar-refractivity contribution in [2.75, 3.05) is 6.61 Å². The zero-order valence-corrected chi connectivity index (χ0v) is 11.4. The van der Waals surface area contributed by atoms with Gasteiger partial charge >= 0.3 is 5.97 Å². The lowest BCUT2D eigenvalue weighted by Gasteiger charge is -2.17. The van der Waals surface area contributed by atoms with Crippen LogP contribution in [0.3, 0.4) is 0 Å². The molecule has 3 nitrogen and oxygen atoms in total. The molecule has 0 saturated heterocycles. The Kier molecular flexibility index (Phi) is 4.38. The molecule has 0 amide bonds. The van der Waals surface area contributed by atoms with Crippen LogP contribution in [0.4, 0.5) is 0 Å². The molecule has 88 valence electrons. The van der Waals surface area contributed by atoms with Crippen LogP contribution in [0.25, 0.3) is 0 Å². The predicted molar refractivity (Wildman–Crippen MR) is 66.4 cm³/mol. The van der Waals surface area contributed by atoms with Crippen molar-refractivity contribution in [2.24, 2.45) is 0 Å². The zero-order chi connectivity index (χ0) is 12.2. The van der Waals surface area contributed by atoms with Gasteiger partial charge in [-0.1, -0.05) is 11.6 Å². The fraction of sp³-hybridized carbons (Fsp3) is 0.364. The van der Waals surface area contributed by atoms with Crippen LogP contribution in [0, 0.1) is 0 Å². The number of rotatable bonds is 4. The Balaban J connectivity index is 2.40. The number of benzene rings is 1. The highest BCUT2D eigenvalue weighted by molar-refractivity contribution is 6.71. The minimum atomic E-state index is -1.82. The van der Waals surface area contributed by atoms with Crippen molar-refractivity contribution < 1.29 is 14.0 Å². The van der Waals surface area contributed by atoms with Crippen LogP contribution in [-0.2, 0) is 9.22 Å². The van der Waals surface area contributed by atoms with Gasteiger partial charge in [0.25, 0.3) is 0 Å². The lowest BCUT2D eigenvalue weighted by Crippen LogP contribution is -2.31. The number of carbonyl (C=O) groups excluding carboxylic acids is 1. The molecule has 0 radical (unpaired) electrons. The normalized spacial score (nSPS) is 11.0. The highest BCUT2D eigenvalue weighted by Crippen LogP contribution is 2.15. The molecule has 0 spiro atoms. The monoisotopic (exact) mass is 258 g/mol. The molecule has 0 atom stereocenters. The van der Waals surface area contributed by atoms with Gasteiger partial charge in [-0.25, -0.2) is 4.79 Å². The Hall–Kier alpha value is -1.00. The molecule has 0 aromatic heterocycles. The summed E-state index contributed by atoms with van der Waals surface area (Å²) < 4.78 is 10.5. The fourth-order valence-corrected chi connectivity index (χ4v) is 1.91. The third-order valence-electron chi connectivity index (χ3n) is 1.59. The van der Waals surface area contributed by atoms with Gasteiger partial charge in [-0.05, 0) is 43.9 Å². The van der Waals surface area contributed by atoms with E-state index in [9.17, 15) is 4.79 Å². The SMILES string of the molecule is C[Si](C)(C)OC(=O)COc1ccc(Cl)cc1. The van der Waals surface area contributed by atoms with E-state index in [0.717, 1.165) is 0 Å². The van der Waals surface area contributed by atoms with Crippen molar-refractivity contribution in [3.05, 3.63) is 29.3 Å².